The van der Waals surface area contributed by atoms with Crippen molar-refractivity contribution >= 4 is 82.5 Å². The second-order valence-electron chi connectivity index (χ2n) is 28.0. The molecule has 3 heterocycles. The van der Waals surface area contributed by atoms with Crippen LogP contribution < -0.4 is 16.0 Å². The van der Waals surface area contributed by atoms with Gasteiger partial charge in [0.05, 0.1) is 56.3 Å². The summed E-state index contributed by atoms with van der Waals surface area (Å²) in [6, 6.07) is -8.61. The van der Waals surface area contributed by atoms with Crippen molar-refractivity contribution in [2.75, 3.05) is 122 Å². The molecule has 1 aromatic carbocycles. The van der Waals surface area contributed by atoms with Gasteiger partial charge in [0.2, 0.25) is 70.9 Å². The third kappa shape index (κ3) is 22.4. The first kappa shape index (κ1) is 83.4. The summed E-state index contributed by atoms with van der Waals surface area (Å²) >= 11 is 6.12. The fourth-order valence-electron chi connectivity index (χ4n) is 13.3. The van der Waals surface area contributed by atoms with Gasteiger partial charge >= 0.3 is 6.18 Å². The molecule has 0 bridgehead atoms. The molecule has 0 aromatic heterocycles. The lowest BCUT2D eigenvalue weighted by atomic mass is 9.84. The molecule has 4 aliphatic rings. The molecule has 1 saturated carbocycles. The van der Waals surface area contributed by atoms with E-state index in [-0.39, 0.29) is 43.7 Å². The minimum Gasteiger partial charge on any atom is -0.382 e. The molecule has 4 fully saturated rings. The number of piperidine rings is 1. The number of rotatable bonds is 14. The largest absolute Gasteiger partial charge is 0.417 e. The van der Waals surface area contributed by atoms with Gasteiger partial charge in [-0.25, -0.2) is 8.78 Å². The average molecular weight is 1440 g/mol. The van der Waals surface area contributed by atoms with Crippen LogP contribution in [-0.2, 0) is 74.9 Å². The fraction of sp³-hybridized carbons (Fsp3) is 0.735. The molecule has 12 amide bonds. The summed E-state index contributed by atoms with van der Waals surface area (Å²) in [5.41, 5.74) is -0.946. The average Bonchev–Trinajstić information content (AvgIpc) is 0.809. The van der Waals surface area contributed by atoms with Crippen molar-refractivity contribution in [2.45, 2.75) is 185 Å². The van der Waals surface area contributed by atoms with E-state index in [2.05, 4.69) is 16.0 Å². The highest BCUT2D eigenvalue weighted by Crippen LogP contribution is 2.36. The fourth-order valence-corrected chi connectivity index (χ4v) is 13.6. The normalized spacial score (nSPS) is 26.2. The number of hydrogen-bond acceptors (Lipinski definition) is 14. The third-order valence-corrected chi connectivity index (χ3v) is 20.3. The molecule has 0 radical (unpaired) electrons. The van der Waals surface area contributed by atoms with E-state index < -0.39 is 199 Å². The van der Waals surface area contributed by atoms with Crippen molar-refractivity contribution < 1.29 is 84.2 Å². The van der Waals surface area contributed by atoms with Crippen LogP contribution in [0.5, 0.6) is 0 Å². The molecule has 3 N–H and O–H groups in total. The summed E-state index contributed by atoms with van der Waals surface area (Å²) < 4.78 is 75.7. The van der Waals surface area contributed by atoms with Gasteiger partial charge in [0.25, 0.3) is 5.92 Å². The van der Waals surface area contributed by atoms with Gasteiger partial charge in [0.1, 0.15) is 48.3 Å². The summed E-state index contributed by atoms with van der Waals surface area (Å²) in [6.45, 7) is 4.76. The molecular weight excluding hydrogens is 1340 g/mol. The van der Waals surface area contributed by atoms with Crippen LogP contribution in [0.2, 0.25) is 5.02 Å². The number of carbonyl (C=O) groups is 12. The van der Waals surface area contributed by atoms with Crippen LogP contribution in [0.4, 0.5) is 22.0 Å². The van der Waals surface area contributed by atoms with E-state index in [0.717, 1.165) is 91.0 Å². The Hall–Kier alpha value is -7.28. The maximum Gasteiger partial charge on any atom is 0.417 e. The molecular formula is C68H105ClF5N13O13. The van der Waals surface area contributed by atoms with E-state index in [1.165, 1.54) is 85.1 Å². The molecule has 1 aromatic rings. The lowest BCUT2D eigenvalue weighted by Crippen LogP contribution is -2.62. The molecule has 1 aliphatic carbocycles. The van der Waals surface area contributed by atoms with Gasteiger partial charge in [0.15, 0.2) is 0 Å². The van der Waals surface area contributed by atoms with E-state index in [9.17, 15) is 60.3 Å². The number of carbonyl (C=O) groups excluding carboxylic acids is 12. The van der Waals surface area contributed by atoms with Crippen LogP contribution >= 0.6 is 11.6 Å². The van der Waals surface area contributed by atoms with E-state index in [1.807, 2.05) is 0 Å². The number of nitrogens with zero attached hydrogens (tertiary/aromatic N) is 10. The summed E-state index contributed by atoms with van der Waals surface area (Å²) in [6.07, 6.45) is 0.330. The van der Waals surface area contributed by atoms with Gasteiger partial charge < -0.3 is 64.8 Å². The number of ether oxygens (including phenoxy) is 1. The Morgan fingerprint density at radius 2 is 1.24 bits per heavy atom. The third-order valence-electron chi connectivity index (χ3n) is 20.0. The smallest absolute Gasteiger partial charge is 0.382 e. The summed E-state index contributed by atoms with van der Waals surface area (Å²) in [4.78, 5) is 187. The van der Waals surface area contributed by atoms with Gasteiger partial charge in [0, 0.05) is 83.1 Å². The highest BCUT2D eigenvalue weighted by atomic mass is 35.5. The molecule has 26 nitrogen and oxygen atoms in total. The maximum absolute atomic E-state index is 15.2. The van der Waals surface area contributed by atoms with Crippen LogP contribution in [0.15, 0.2) is 18.2 Å². The molecule has 1 unspecified atom stereocenters. The zero-order chi connectivity index (χ0) is 75.0. The molecule has 3 saturated heterocycles. The van der Waals surface area contributed by atoms with E-state index in [4.69, 9.17) is 16.3 Å². The number of likely N-dealkylation sites (N-methyl/N-ethyl adjacent to an activating group) is 8. The second kappa shape index (κ2) is 37.1. The summed E-state index contributed by atoms with van der Waals surface area (Å²) in [5, 5.41) is 7.36. The monoisotopic (exact) mass is 1440 g/mol. The topological polar surface area (TPSA) is 283 Å². The quantitative estimate of drug-likeness (QED) is 0.226. The SMILES string of the molecule is CC[C@H](C)[C@@H]1NC(=O)[C@H](C)N(C)C(=O)CC(C(=O)N2CCCCC2)N(C)C(=O)[C@H](C(C)C)N(C)C(=O)[C@H](COC)NC(=O)[C@H](CCN2CC(F)(F)C2)N(C)C(=O)[C@H](CCc2ccc(C(F)(F)F)c(Cl)c2)NC(=O)CN(C)C(=O)[C@H](CC2CCCCC2)N(C)C(=O)CN(C)C(=O)CN(C)C1=O. The number of amides is 12. The second-order valence-corrected chi connectivity index (χ2v) is 28.4. The number of benzene rings is 1. The Balaban J connectivity index is 1.63. The van der Waals surface area contributed by atoms with Gasteiger partial charge in [-0.1, -0.05) is 83.9 Å². The first-order valence-corrected chi connectivity index (χ1v) is 34.8. The van der Waals surface area contributed by atoms with Crippen LogP contribution in [-0.4, -0.2) is 297 Å². The van der Waals surface area contributed by atoms with Gasteiger partial charge in [-0.15, -0.1) is 0 Å². The van der Waals surface area contributed by atoms with Crippen LogP contribution in [0.25, 0.3) is 0 Å². The van der Waals surface area contributed by atoms with Crippen molar-refractivity contribution in [3.8, 4) is 0 Å². The lowest BCUT2D eigenvalue weighted by Gasteiger charge is -2.40. The number of methoxy groups -OCH3 is 1. The number of nitrogens with one attached hydrogen (secondary N) is 3. The predicted octanol–water partition coefficient (Wildman–Crippen LogP) is 3.35. The van der Waals surface area contributed by atoms with Gasteiger partial charge in [-0.2, -0.15) is 13.2 Å². The van der Waals surface area contributed by atoms with Crippen LogP contribution in [0, 0.1) is 17.8 Å². The molecule has 5 rings (SSSR count). The molecule has 9 atom stereocenters. The Labute approximate surface area is 588 Å². The minimum absolute atomic E-state index is 0.0360. The predicted molar refractivity (Wildman–Crippen MR) is 360 cm³/mol. The highest BCUT2D eigenvalue weighted by molar-refractivity contribution is 6.31. The van der Waals surface area contributed by atoms with Crippen molar-refractivity contribution in [1.29, 1.82) is 0 Å². The molecule has 100 heavy (non-hydrogen) atoms. The Morgan fingerprint density at radius 3 is 1.81 bits per heavy atom. The summed E-state index contributed by atoms with van der Waals surface area (Å²) in [7, 11) is 11.7. The number of halogens is 6. The van der Waals surface area contributed by atoms with Crippen molar-refractivity contribution in [3.05, 3.63) is 34.3 Å². The number of hydrogen-bond donors (Lipinski definition) is 3. The van der Waals surface area contributed by atoms with E-state index >= 15 is 19.2 Å². The van der Waals surface area contributed by atoms with Crippen LogP contribution in [0.1, 0.15) is 129 Å². The zero-order valence-corrected chi connectivity index (χ0v) is 61.1. The van der Waals surface area contributed by atoms with Crippen molar-refractivity contribution in [3.63, 3.8) is 0 Å². The molecule has 32 heteroatoms. The first-order chi connectivity index (χ1) is 46.7. The first-order valence-electron chi connectivity index (χ1n) is 34.4. The van der Waals surface area contributed by atoms with Crippen molar-refractivity contribution in [2.24, 2.45) is 17.8 Å². The minimum atomic E-state index is -4.82. The lowest BCUT2D eigenvalue weighted by molar-refractivity contribution is -0.155. The van der Waals surface area contributed by atoms with E-state index in [0.29, 0.717) is 32.4 Å². The van der Waals surface area contributed by atoms with Gasteiger partial charge in [-0.05, 0) is 87.3 Å². The Bertz CT molecular complexity index is 3080. The number of likely N-dealkylation sites (tertiary alicyclic amines) is 2. The Kier molecular flexibility index (Phi) is 30.9. The van der Waals surface area contributed by atoms with Gasteiger partial charge in [-0.3, -0.25) is 62.4 Å². The molecule has 0 spiro atoms. The Morgan fingerprint density at radius 1 is 0.650 bits per heavy atom. The standard InChI is InChI=1S/C68H105ClF5N13O13/c1-15-42(4)57-65(98)80(8)36-55(90)78(6)37-56(91)82(10)51(33-44-22-18-16-19-23-44)63(96)79(7)35-53(88)75-48(27-25-45-24-26-46(47(69)32-45)68(72,73)74)61(94)83(11)50(28-31-86-39-67(70,71)40-86)60(93)76-49(38-100-14)62(95)85(13)58(41(2)3)66(99)84(12)52(64(97)87-29-20-17-21-30-87)34-54(89)81(9)43(5)59(92)77-57/h24,26,32,41-44,48-52,57-58H,15-23,25,27-31,33-40H2,1-14H3,(H,75,88)(H,76,93)(H,77,92)/t42-,43-,48-,49-,50-,51-,52?,57-,58-/m0/s1. The summed E-state index contributed by atoms with van der Waals surface area (Å²) in [5.74, 6) is -13.9. The number of aryl methyl sites for hydroxylation is 1. The van der Waals surface area contributed by atoms with Crippen molar-refractivity contribution in [1.82, 2.24) is 64.9 Å². The highest BCUT2D eigenvalue weighted by Gasteiger charge is 2.47. The molecule has 3 aliphatic heterocycles. The molecule has 562 valence electrons. The number of alkyl halides is 5. The maximum atomic E-state index is 15.2. The zero-order valence-electron chi connectivity index (χ0n) is 60.4. The van der Waals surface area contributed by atoms with E-state index in [1.54, 1.807) is 27.7 Å². The van der Waals surface area contributed by atoms with Crippen LogP contribution in [0.3, 0.4) is 0 Å².